The van der Waals surface area contributed by atoms with Crippen LogP contribution >= 0.6 is 11.6 Å². The summed E-state index contributed by atoms with van der Waals surface area (Å²) in [6.07, 6.45) is 0. The molecule has 0 bridgehead atoms. The fourth-order valence-electron chi connectivity index (χ4n) is 2.86. The molecule has 0 aliphatic heterocycles. The van der Waals surface area contributed by atoms with Crippen molar-refractivity contribution in [2.75, 3.05) is 0 Å². The molecule has 8 nitrogen and oxygen atoms in total. The number of hydrogen-bond acceptors (Lipinski definition) is 5. The quantitative estimate of drug-likeness (QED) is 0.326. The van der Waals surface area contributed by atoms with E-state index in [9.17, 15) is 19.7 Å². The van der Waals surface area contributed by atoms with E-state index >= 15 is 0 Å². The van der Waals surface area contributed by atoms with E-state index in [2.05, 4.69) is 15.0 Å². The van der Waals surface area contributed by atoms with Crippen LogP contribution in [0.25, 0.3) is 33.3 Å². The second-order valence-corrected chi connectivity index (χ2v) is 5.91. The Morgan fingerprint density at radius 3 is 2.62 bits per heavy atom. The first kappa shape index (κ1) is 16.0. The minimum absolute atomic E-state index is 0.0313. The van der Waals surface area contributed by atoms with Crippen molar-refractivity contribution >= 4 is 44.5 Å². The van der Waals surface area contributed by atoms with Gasteiger partial charge in [-0.3, -0.25) is 19.7 Å². The lowest BCUT2D eigenvalue weighted by Gasteiger charge is -2.00. The number of halogens is 1. The molecule has 0 fully saturated rings. The van der Waals surface area contributed by atoms with Crippen LogP contribution in [0, 0.1) is 10.1 Å². The SMILES string of the molecule is O=C(Cl)c1ccc2[nH]c(-c3nc4ccccc4[nH]c3=O)c([N+](=O)[O-])c2c1. The highest BCUT2D eigenvalue weighted by atomic mass is 35.5. The zero-order valence-electron chi connectivity index (χ0n) is 12.9. The fourth-order valence-corrected chi connectivity index (χ4v) is 2.98. The van der Waals surface area contributed by atoms with Crippen molar-refractivity contribution in [2.24, 2.45) is 0 Å². The van der Waals surface area contributed by atoms with E-state index in [0.29, 0.717) is 16.6 Å². The Labute approximate surface area is 149 Å². The number of aromatic amines is 2. The average Bonchev–Trinajstić information content (AvgIpc) is 2.99. The van der Waals surface area contributed by atoms with Crippen LogP contribution < -0.4 is 5.56 Å². The third-order valence-corrected chi connectivity index (χ3v) is 4.24. The number of hydrogen-bond donors (Lipinski definition) is 2. The van der Waals surface area contributed by atoms with Gasteiger partial charge in [-0.2, -0.15) is 0 Å². The molecule has 0 amide bonds. The smallest absolute Gasteiger partial charge is 0.304 e. The molecule has 0 atom stereocenters. The summed E-state index contributed by atoms with van der Waals surface area (Å²) in [5, 5.41) is 11.1. The van der Waals surface area contributed by atoms with Crippen LogP contribution in [0.3, 0.4) is 0 Å². The topological polar surface area (TPSA) is 122 Å². The number of fused-ring (bicyclic) bond motifs is 2. The van der Waals surface area contributed by atoms with Crippen molar-refractivity contribution in [1.82, 2.24) is 15.0 Å². The number of aromatic nitrogens is 3. The summed E-state index contributed by atoms with van der Waals surface area (Å²) in [5.74, 6) is 0. The molecule has 2 aromatic heterocycles. The van der Waals surface area contributed by atoms with E-state index in [0.717, 1.165) is 0 Å². The fraction of sp³-hybridized carbons (Fsp3) is 0. The number of carbonyl (C=O) groups is 1. The van der Waals surface area contributed by atoms with E-state index in [1.165, 1.54) is 18.2 Å². The molecule has 0 spiro atoms. The predicted octanol–water partition coefficient (Wildman–Crippen LogP) is 3.36. The van der Waals surface area contributed by atoms with Crippen LogP contribution in [0.2, 0.25) is 0 Å². The summed E-state index contributed by atoms with van der Waals surface area (Å²) in [6, 6.07) is 11.1. The summed E-state index contributed by atoms with van der Waals surface area (Å²) in [6.45, 7) is 0. The number of nitro groups is 1. The number of para-hydroxylation sites is 2. The maximum Gasteiger partial charge on any atom is 0.304 e. The van der Waals surface area contributed by atoms with Crippen LogP contribution in [0.1, 0.15) is 10.4 Å². The molecule has 2 N–H and O–H groups in total. The Balaban J connectivity index is 2.07. The zero-order chi connectivity index (χ0) is 18.4. The lowest BCUT2D eigenvalue weighted by molar-refractivity contribution is -0.382. The van der Waals surface area contributed by atoms with E-state index in [4.69, 9.17) is 11.6 Å². The highest BCUT2D eigenvalue weighted by Gasteiger charge is 2.26. The number of nitrogens with one attached hydrogen (secondary N) is 2. The molecule has 0 aliphatic carbocycles. The van der Waals surface area contributed by atoms with Crippen LogP contribution in [-0.2, 0) is 0 Å². The molecule has 0 radical (unpaired) electrons. The van der Waals surface area contributed by atoms with Gasteiger partial charge in [0.05, 0.1) is 26.9 Å². The highest BCUT2D eigenvalue weighted by Crippen LogP contribution is 2.35. The minimum Gasteiger partial charge on any atom is -0.347 e. The summed E-state index contributed by atoms with van der Waals surface area (Å²) in [4.78, 5) is 44.6. The molecular formula is C17H9ClN4O4. The van der Waals surface area contributed by atoms with E-state index in [-0.39, 0.29) is 28.0 Å². The Morgan fingerprint density at radius 1 is 1.12 bits per heavy atom. The summed E-state index contributed by atoms with van der Waals surface area (Å²) < 4.78 is 0. The van der Waals surface area contributed by atoms with Gasteiger partial charge in [0.15, 0.2) is 5.69 Å². The molecular weight excluding hydrogens is 360 g/mol. The first-order chi connectivity index (χ1) is 12.5. The van der Waals surface area contributed by atoms with Crippen molar-refractivity contribution in [3.8, 4) is 11.4 Å². The number of nitrogens with zero attached hydrogens (tertiary/aromatic N) is 2. The van der Waals surface area contributed by atoms with Crippen LogP contribution in [0.4, 0.5) is 5.69 Å². The Morgan fingerprint density at radius 2 is 1.88 bits per heavy atom. The number of H-pyrrole nitrogens is 2. The molecule has 0 unspecified atom stereocenters. The van der Waals surface area contributed by atoms with Gasteiger partial charge in [-0.1, -0.05) is 12.1 Å². The Kier molecular flexibility index (Phi) is 3.55. The molecule has 0 saturated heterocycles. The van der Waals surface area contributed by atoms with Gasteiger partial charge in [0.1, 0.15) is 5.69 Å². The van der Waals surface area contributed by atoms with E-state index < -0.39 is 15.7 Å². The summed E-state index contributed by atoms with van der Waals surface area (Å²) in [5.41, 5.74) is 0.485. The Bertz CT molecular complexity index is 1270. The maximum atomic E-state index is 12.4. The van der Waals surface area contributed by atoms with Gasteiger partial charge in [0.25, 0.3) is 10.8 Å². The van der Waals surface area contributed by atoms with Crippen LogP contribution in [-0.4, -0.2) is 25.1 Å². The van der Waals surface area contributed by atoms with Crippen LogP contribution in [0.5, 0.6) is 0 Å². The van der Waals surface area contributed by atoms with Gasteiger partial charge in [0, 0.05) is 5.56 Å². The number of rotatable bonds is 3. The van der Waals surface area contributed by atoms with Crippen molar-refractivity contribution in [2.45, 2.75) is 0 Å². The molecule has 26 heavy (non-hydrogen) atoms. The lowest BCUT2D eigenvalue weighted by atomic mass is 10.1. The first-order valence-electron chi connectivity index (χ1n) is 7.45. The highest BCUT2D eigenvalue weighted by molar-refractivity contribution is 6.67. The van der Waals surface area contributed by atoms with Crippen LogP contribution in [0.15, 0.2) is 47.3 Å². The minimum atomic E-state index is -0.731. The largest absolute Gasteiger partial charge is 0.347 e. The summed E-state index contributed by atoms with van der Waals surface area (Å²) in [7, 11) is 0. The molecule has 2 aromatic carbocycles. The zero-order valence-corrected chi connectivity index (χ0v) is 13.7. The molecule has 0 aliphatic rings. The molecule has 128 valence electrons. The van der Waals surface area contributed by atoms with E-state index in [1.54, 1.807) is 24.3 Å². The van der Waals surface area contributed by atoms with Crippen molar-refractivity contribution in [1.29, 1.82) is 0 Å². The standard InChI is InChI=1S/C17H9ClN4O4/c18-16(23)8-5-6-10-9(7-8)15(22(25)26)13(19-10)14-17(24)21-12-4-2-1-3-11(12)20-14/h1-7,19H,(H,21,24). The van der Waals surface area contributed by atoms with Gasteiger partial charge in [-0.25, -0.2) is 4.98 Å². The van der Waals surface area contributed by atoms with E-state index in [1.807, 2.05) is 0 Å². The molecule has 2 heterocycles. The van der Waals surface area contributed by atoms with Gasteiger partial charge in [-0.15, -0.1) is 0 Å². The maximum absolute atomic E-state index is 12.4. The Hall–Kier alpha value is -3.52. The predicted molar refractivity (Wildman–Crippen MR) is 96.5 cm³/mol. The molecule has 4 rings (SSSR count). The van der Waals surface area contributed by atoms with Gasteiger partial charge < -0.3 is 9.97 Å². The first-order valence-corrected chi connectivity index (χ1v) is 7.83. The average molecular weight is 369 g/mol. The molecule has 4 aromatic rings. The van der Waals surface area contributed by atoms with Gasteiger partial charge in [-0.05, 0) is 41.9 Å². The molecule has 9 heteroatoms. The second kappa shape index (κ2) is 5.78. The monoisotopic (exact) mass is 368 g/mol. The van der Waals surface area contributed by atoms with Crippen molar-refractivity contribution < 1.29 is 9.72 Å². The van der Waals surface area contributed by atoms with Crippen molar-refractivity contribution in [3.05, 3.63) is 68.5 Å². The van der Waals surface area contributed by atoms with Crippen molar-refractivity contribution in [3.63, 3.8) is 0 Å². The summed E-state index contributed by atoms with van der Waals surface area (Å²) >= 11 is 5.46. The third kappa shape index (κ3) is 2.44. The number of carbonyl (C=O) groups excluding carboxylic acids is 1. The normalized spacial score (nSPS) is 11.1. The van der Waals surface area contributed by atoms with Gasteiger partial charge >= 0.3 is 5.69 Å². The lowest BCUT2D eigenvalue weighted by Crippen LogP contribution is -2.12. The van der Waals surface area contributed by atoms with Gasteiger partial charge in [0.2, 0.25) is 0 Å². The second-order valence-electron chi connectivity index (χ2n) is 5.57. The third-order valence-electron chi connectivity index (χ3n) is 4.02. The number of benzene rings is 2. The molecule has 0 saturated carbocycles.